The highest BCUT2D eigenvalue weighted by molar-refractivity contribution is 9.10. The van der Waals surface area contributed by atoms with Gasteiger partial charge in [0.1, 0.15) is 0 Å². The minimum Gasteiger partial charge on any atom is -0.384 e. The largest absolute Gasteiger partial charge is 0.384 e. The Bertz CT molecular complexity index is 328. The first-order chi connectivity index (χ1) is 6.24. The number of hydrogen-bond acceptors (Lipinski definition) is 2. The molecule has 68 valence electrons. The summed E-state index contributed by atoms with van der Waals surface area (Å²) in [6, 6.07) is 8.16. The molecule has 3 heteroatoms. The molecule has 0 fully saturated rings. The average molecular weight is 239 g/mol. The Morgan fingerprint density at radius 3 is 3.00 bits per heavy atom. The van der Waals surface area contributed by atoms with Crippen molar-refractivity contribution in [3.05, 3.63) is 28.2 Å². The molecule has 2 nitrogen and oxygen atoms in total. The predicted molar refractivity (Wildman–Crippen MR) is 57.6 cm³/mol. The van der Waals surface area contributed by atoms with Gasteiger partial charge in [-0.05, 0) is 24.6 Å². The van der Waals surface area contributed by atoms with Crippen molar-refractivity contribution in [1.82, 2.24) is 0 Å². The van der Waals surface area contributed by atoms with Gasteiger partial charge in [-0.2, -0.15) is 5.26 Å². The van der Waals surface area contributed by atoms with Gasteiger partial charge < -0.3 is 5.32 Å². The number of hydrogen-bond donors (Lipinski definition) is 1. The molecule has 0 saturated heterocycles. The van der Waals surface area contributed by atoms with E-state index < -0.39 is 0 Å². The summed E-state index contributed by atoms with van der Waals surface area (Å²) < 4.78 is 1.05. The maximum atomic E-state index is 8.37. The number of benzene rings is 1. The quantitative estimate of drug-likeness (QED) is 0.822. The van der Waals surface area contributed by atoms with E-state index in [0.717, 1.165) is 10.2 Å². The third kappa shape index (κ3) is 3.08. The molecular formula is C10H11BrN2. The molecule has 1 aromatic rings. The van der Waals surface area contributed by atoms with Crippen LogP contribution in [0.25, 0.3) is 0 Å². The van der Waals surface area contributed by atoms with Crippen LogP contribution < -0.4 is 5.32 Å². The van der Waals surface area contributed by atoms with Crippen LogP contribution in [0.1, 0.15) is 12.0 Å². The molecule has 1 aromatic carbocycles. The summed E-state index contributed by atoms with van der Waals surface area (Å²) in [6.07, 6.45) is 0.534. The first-order valence-electron chi connectivity index (χ1n) is 4.11. The van der Waals surface area contributed by atoms with Gasteiger partial charge in [0.2, 0.25) is 0 Å². The molecule has 0 unspecified atom stereocenters. The van der Waals surface area contributed by atoms with Gasteiger partial charge in [-0.3, -0.25) is 0 Å². The summed E-state index contributed by atoms with van der Waals surface area (Å²) in [6.45, 7) is 2.74. The number of nitrogens with one attached hydrogen (secondary N) is 1. The SMILES string of the molecule is Cc1ccc(Br)cc1NCCC#N. The second-order valence-electron chi connectivity index (χ2n) is 2.79. The second kappa shape index (κ2) is 4.88. The van der Waals surface area contributed by atoms with Crippen LogP contribution in [0.5, 0.6) is 0 Å². The molecule has 0 saturated carbocycles. The molecule has 0 aliphatic carbocycles. The van der Waals surface area contributed by atoms with E-state index in [-0.39, 0.29) is 0 Å². The monoisotopic (exact) mass is 238 g/mol. The minimum atomic E-state index is 0.534. The fraction of sp³-hybridized carbons (Fsp3) is 0.300. The molecule has 1 N–H and O–H groups in total. The Balaban J connectivity index is 2.65. The summed E-state index contributed by atoms with van der Waals surface area (Å²) >= 11 is 3.40. The second-order valence-corrected chi connectivity index (χ2v) is 3.71. The molecule has 0 aliphatic heterocycles. The van der Waals surface area contributed by atoms with Crippen LogP contribution in [-0.2, 0) is 0 Å². The van der Waals surface area contributed by atoms with Crippen molar-refractivity contribution in [2.24, 2.45) is 0 Å². The van der Waals surface area contributed by atoms with Crippen molar-refractivity contribution in [2.45, 2.75) is 13.3 Å². The third-order valence-electron chi connectivity index (χ3n) is 1.75. The van der Waals surface area contributed by atoms with Gasteiger partial charge in [0, 0.05) is 16.7 Å². The van der Waals surface area contributed by atoms with Gasteiger partial charge in [0.05, 0.1) is 12.5 Å². The molecule has 0 aliphatic rings. The zero-order valence-electron chi connectivity index (χ0n) is 7.47. The first-order valence-corrected chi connectivity index (χ1v) is 4.90. The highest BCUT2D eigenvalue weighted by atomic mass is 79.9. The van der Waals surface area contributed by atoms with Crippen LogP contribution in [0.3, 0.4) is 0 Å². The maximum Gasteiger partial charge on any atom is 0.0640 e. The number of anilines is 1. The lowest BCUT2D eigenvalue weighted by molar-refractivity contribution is 1.07. The minimum absolute atomic E-state index is 0.534. The van der Waals surface area contributed by atoms with Crippen molar-refractivity contribution in [3.8, 4) is 6.07 Å². The van der Waals surface area contributed by atoms with Crippen LogP contribution in [0.2, 0.25) is 0 Å². The van der Waals surface area contributed by atoms with E-state index in [1.54, 1.807) is 0 Å². The standard InChI is InChI=1S/C10H11BrN2/c1-8-3-4-9(11)7-10(8)13-6-2-5-12/h3-4,7,13H,2,6H2,1H3. The summed E-state index contributed by atoms with van der Waals surface area (Å²) in [7, 11) is 0. The van der Waals surface area contributed by atoms with Crippen LogP contribution in [-0.4, -0.2) is 6.54 Å². The van der Waals surface area contributed by atoms with E-state index in [1.807, 2.05) is 25.1 Å². The Morgan fingerprint density at radius 2 is 2.31 bits per heavy atom. The molecule has 1 rings (SSSR count). The van der Waals surface area contributed by atoms with Gasteiger partial charge in [-0.15, -0.1) is 0 Å². The predicted octanol–water partition coefficient (Wildman–Crippen LogP) is 3.08. The highest BCUT2D eigenvalue weighted by Crippen LogP contribution is 2.20. The van der Waals surface area contributed by atoms with E-state index in [1.165, 1.54) is 5.56 Å². The molecule has 0 heterocycles. The lowest BCUT2D eigenvalue weighted by Gasteiger charge is -2.07. The van der Waals surface area contributed by atoms with Gasteiger partial charge in [-0.1, -0.05) is 22.0 Å². The van der Waals surface area contributed by atoms with E-state index >= 15 is 0 Å². The van der Waals surface area contributed by atoms with Crippen LogP contribution in [0.15, 0.2) is 22.7 Å². The van der Waals surface area contributed by atoms with Gasteiger partial charge in [-0.25, -0.2) is 0 Å². The fourth-order valence-electron chi connectivity index (χ4n) is 1.04. The van der Waals surface area contributed by atoms with Gasteiger partial charge >= 0.3 is 0 Å². The van der Waals surface area contributed by atoms with Crippen molar-refractivity contribution >= 4 is 21.6 Å². The van der Waals surface area contributed by atoms with Crippen LogP contribution in [0.4, 0.5) is 5.69 Å². The molecule has 0 radical (unpaired) electrons. The third-order valence-corrected chi connectivity index (χ3v) is 2.25. The average Bonchev–Trinajstić information content (AvgIpc) is 2.11. The number of nitriles is 1. The Hall–Kier alpha value is -1.01. The molecule has 13 heavy (non-hydrogen) atoms. The number of nitrogens with zero attached hydrogens (tertiary/aromatic N) is 1. The lowest BCUT2D eigenvalue weighted by atomic mass is 10.2. The van der Waals surface area contributed by atoms with E-state index in [0.29, 0.717) is 13.0 Å². The zero-order valence-corrected chi connectivity index (χ0v) is 9.06. The van der Waals surface area contributed by atoms with E-state index in [4.69, 9.17) is 5.26 Å². The molecule has 0 spiro atoms. The van der Waals surface area contributed by atoms with Crippen molar-refractivity contribution in [1.29, 1.82) is 5.26 Å². The summed E-state index contributed by atoms with van der Waals surface area (Å²) in [4.78, 5) is 0. The van der Waals surface area contributed by atoms with Gasteiger partial charge in [0.15, 0.2) is 0 Å². The zero-order chi connectivity index (χ0) is 9.68. The highest BCUT2D eigenvalue weighted by Gasteiger charge is 1.97. The van der Waals surface area contributed by atoms with Crippen LogP contribution >= 0.6 is 15.9 Å². The Labute approximate surface area is 86.7 Å². The van der Waals surface area contributed by atoms with Gasteiger partial charge in [0.25, 0.3) is 0 Å². The fourth-order valence-corrected chi connectivity index (χ4v) is 1.40. The van der Waals surface area contributed by atoms with Crippen molar-refractivity contribution < 1.29 is 0 Å². The van der Waals surface area contributed by atoms with Crippen molar-refractivity contribution in [3.63, 3.8) is 0 Å². The van der Waals surface area contributed by atoms with Crippen molar-refractivity contribution in [2.75, 3.05) is 11.9 Å². The van der Waals surface area contributed by atoms with Crippen LogP contribution in [0, 0.1) is 18.3 Å². The molecule has 0 bridgehead atoms. The number of aryl methyl sites for hydroxylation is 1. The summed E-state index contributed by atoms with van der Waals surface area (Å²) in [5, 5.41) is 11.6. The Morgan fingerprint density at radius 1 is 1.54 bits per heavy atom. The van der Waals surface area contributed by atoms with E-state index in [2.05, 4.69) is 27.3 Å². The number of halogens is 1. The first kappa shape index (κ1) is 10.1. The summed E-state index contributed by atoms with van der Waals surface area (Å²) in [5.74, 6) is 0. The smallest absolute Gasteiger partial charge is 0.0640 e. The molecule has 0 amide bonds. The topological polar surface area (TPSA) is 35.8 Å². The molecular weight excluding hydrogens is 228 g/mol. The normalized spacial score (nSPS) is 9.31. The van der Waals surface area contributed by atoms with E-state index in [9.17, 15) is 0 Å². The Kier molecular flexibility index (Phi) is 3.78. The summed E-state index contributed by atoms with van der Waals surface area (Å²) in [5.41, 5.74) is 2.28. The number of rotatable bonds is 3. The lowest BCUT2D eigenvalue weighted by Crippen LogP contribution is -2.01. The molecule has 0 atom stereocenters. The maximum absolute atomic E-state index is 8.37. The molecule has 0 aromatic heterocycles.